The molecule has 0 amide bonds. The van der Waals surface area contributed by atoms with Crippen molar-refractivity contribution >= 4 is 0 Å². The topological polar surface area (TPSA) is 12.0 Å². The number of hydrogen-bond donors (Lipinski definition) is 1. The van der Waals surface area contributed by atoms with Crippen LogP contribution in [0.1, 0.15) is 64.7 Å². The minimum absolute atomic E-state index is 0.851. The molecule has 0 bridgehead atoms. The number of nitrogens with one attached hydrogen (secondary N) is 1. The van der Waals surface area contributed by atoms with Crippen molar-refractivity contribution in [2.75, 3.05) is 6.54 Å². The first-order valence-corrected chi connectivity index (χ1v) is 7.12. The van der Waals surface area contributed by atoms with E-state index in [2.05, 4.69) is 12.2 Å². The van der Waals surface area contributed by atoms with Crippen molar-refractivity contribution in [2.45, 2.75) is 70.8 Å². The highest BCUT2D eigenvalue weighted by atomic mass is 14.9. The molecule has 2 rings (SSSR count). The predicted octanol–water partition coefficient (Wildman–Crippen LogP) is 3.74. The molecule has 2 saturated carbocycles. The van der Waals surface area contributed by atoms with Gasteiger partial charge in [0.1, 0.15) is 0 Å². The Labute approximate surface area is 95.0 Å². The summed E-state index contributed by atoms with van der Waals surface area (Å²) in [5.74, 6) is 2.02. The second kappa shape index (κ2) is 5.89. The van der Waals surface area contributed by atoms with Gasteiger partial charge in [0.15, 0.2) is 0 Å². The van der Waals surface area contributed by atoms with Crippen LogP contribution in [0.15, 0.2) is 0 Å². The zero-order valence-corrected chi connectivity index (χ0v) is 10.3. The molecule has 2 fully saturated rings. The molecular formula is C14H27N. The molecule has 1 nitrogen and oxygen atoms in total. The summed E-state index contributed by atoms with van der Waals surface area (Å²) in [6.07, 6.45) is 13.1. The Balaban J connectivity index is 1.65. The highest BCUT2D eigenvalue weighted by Crippen LogP contribution is 2.28. The van der Waals surface area contributed by atoms with E-state index in [9.17, 15) is 0 Å². The Morgan fingerprint density at radius 1 is 0.933 bits per heavy atom. The Kier molecular flexibility index (Phi) is 4.49. The van der Waals surface area contributed by atoms with Crippen molar-refractivity contribution in [3.8, 4) is 0 Å². The fraction of sp³-hybridized carbons (Fsp3) is 1.00. The van der Waals surface area contributed by atoms with Gasteiger partial charge in [-0.3, -0.25) is 0 Å². The molecule has 2 unspecified atom stereocenters. The van der Waals surface area contributed by atoms with E-state index in [-0.39, 0.29) is 0 Å². The minimum atomic E-state index is 0.851. The second-order valence-corrected chi connectivity index (χ2v) is 5.70. The lowest BCUT2D eigenvalue weighted by Crippen LogP contribution is -2.36. The monoisotopic (exact) mass is 209 g/mol. The number of rotatable bonds is 4. The third kappa shape index (κ3) is 3.48. The van der Waals surface area contributed by atoms with Crippen molar-refractivity contribution in [2.24, 2.45) is 11.8 Å². The summed E-state index contributed by atoms with van der Waals surface area (Å²) in [6, 6.07) is 0.851. The largest absolute Gasteiger partial charge is 0.314 e. The van der Waals surface area contributed by atoms with Crippen LogP contribution in [0.2, 0.25) is 0 Å². The van der Waals surface area contributed by atoms with Gasteiger partial charge in [-0.2, -0.15) is 0 Å². The van der Waals surface area contributed by atoms with E-state index < -0.39 is 0 Å². The molecule has 0 aromatic heterocycles. The van der Waals surface area contributed by atoms with Gasteiger partial charge in [0.25, 0.3) is 0 Å². The summed E-state index contributed by atoms with van der Waals surface area (Å²) in [4.78, 5) is 0. The van der Waals surface area contributed by atoms with Crippen LogP contribution in [0.25, 0.3) is 0 Å². The summed E-state index contributed by atoms with van der Waals surface area (Å²) >= 11 is 0. The maximum atomic E-state index is 3.83. The first kappa shape index (κ1) is 11.4. The molecule has 0 aromatic rings. The van der Waals surface area contributed by atoms with Crippen molar-refractivity contribution < 1.29 is 0 Å². The van der Waals surface area contributed by atoms with E-state index in [4.69, 9.17) is 0 Å². The molecule has 1 heteroatoms. The fourth-order valence-corrected chi connectivity index (χ4v) is 3.40. The zero-order chi connectivity index (χ0) is 10.5. The first-order chi connectivity index (χ1) is 7.38. The standard InChI is InChI=1S/C14H27N/c1-2-12-8-5-9-14(10-12)15-11-13-6-3-4-7-13/h12-15H,2-11H2,1H3. The van der Waals surface area contributed by atoms with Gasteiger partial charge in [0, 0.05) is 6.04 Å². The lowest BCUT2D eigenvalue weighted by atomic mass is 9.84. The minimum Gasteiger partial charge on any atom is -0.314 e. The molecule has 2 atom stereocenters. The molecule has 2 aliphatic rings. The van der Waals surface area contributed by atoms with Crippen LogP contribution in [-0.4, -0.2) is 12.6 Å². The Morgan fingerprint density at radius 3 is 2.40 bits per heavy atom. The molecule has 15 heavy (non-hydrogen) atoms. The van der Waals surface area contributed by atoms with Gasteiger partial charge in [-0.1, -0.05) is 39.0 Å². The summed E-state index contributed by atoms with van der Waals surface area (Å²) in [7, 11) is 0. The number of hydrogen-bond acceptors (Lipinski definition) is 1. The zero-order valence-electron chi connectivity index (χ0n) is 10.3. The highest BCUT2D eigenvalue weighted by Gasteiger charge is 2.22. The smallest absolute Gasteiger partial charge is 0.00698 e. The van der Waals surface area contributed by atoms with Crippen LogP contribution in [-0.2, 0) is 0 Å². The van der Waals surface area contributed by atoms with Crippen LogP contribution in [0.3, 0.4) is 0 Å². The van der Waals surface area contributed by atoms with Crippen LogP contribution in [0.4, 0.5) is 0 Å². The third-order valence-electron chi connectivity index (χ3n) is 4.53. The van der Waals surface area contributed by atoms with E-state index in [1.165, 1.54) is 64.3 Å². The van der Waals surface area contributed by atoms with Crippen molar-refractivity contribution in [1.82, 2.24) is 5.32 Å². The third-order valence-corrected chi connectivity index (χ3v) is 4.53. The fourth-order valence-electron chi connectivity index (χ4n) is 3.40. The van der Waals surface area contributed by atoms with E-state index in [0.29, 0.717) is 0 Å². The molecular weight excluding hydrogens is 182 g/mol. The molecule has 0 heterocycles. The normalized spacial score (nSPS) is 33.4. The van der Waals surface area contributed by atoms with Crippen molar-refractivity contribution in [3.05, 3.63) is 0 Å². The van der Waals surface area contributed by atoms with Gasteiger partial charge in [0.2, 0.25) is 0 Å². The van der Waals surface area contributed by atoms with Crippen LogP contribution in [0, 0.1) is 11.8 Å². The van der Waals surface area contributed by atoms with Gasteiger partial charge < -0.3 is 5.32 Å². The molecule has 88 valence electrons. The van der Waals surface area contributed by atoms with Crippen LogP contribution in [0.5, 0.6) is 0 Å². The highest BCUT2D eigenvalue weighted by molar-refractivity contribution is 4.79. The Morgan fingerprint density at radius 2 is 1.67 bits per heavy atom. The molecule has 0 saturated heterocycles. The van der Waals surface area contributed by atoms with Crippen molar-refractivity contribution in [3.63, 3.8) is 0 Å². The lowest BCUT2D eigenvalue weighted by Gasteiger charge is -2.30. The van der Waals surface area contributed by atoms with E-state index in [1.54, 1.807) is 0 Å². The maximum Gasteiger partial charge on any atom is 0.00698 e. The van der Waals surface area contributed by atoms with E-state index in [1.807, 2.05) is 0 Å². The van der Waals surface area contributed by atoms with Gasteiger partial charge >= 0.3 is 0 Å². The van der Waals surface area contributed by atoms with Crippen molar-refractivity contribution in [1.29, 1.82) is 0 Å². The average molecular weight is 209 g/mol. The molecule has 0 aliphatic heterocycles. The quantitative estimate of drug-likeness (QED) is 0.744. The molecule has 1 N–H and O–H groups in total. The van der Waals surface area contributed by atoms with E-state index in [0.717, 1.165) is 17.9 Å². The Bertz CT molecular complexity index is 172. The van der Waals surface area contributed by atoms with E-state index >= 15 is 0 Å². The van der Waals surface area contributed by atoms with Gasteiger partial charge in [-0.05, 0) is 44.1 Å². The van der Waals surface area contributed by atoms with Crippen LogP contribution < -0.4 is 5.32 Å². The summed E-state index contributed by atoms with van der Waals surface area (Å²) in [5.41, 5.74) is 0. The van der Waals surface area contributed by atoms with Gasteiger partial charge in [0.05, 0.1) is 0 Å². The Hall–Kier alpha value is -0.0400. The maximum absolute atomic E-state index is 3.83. The predicted molar refractivity (Wildman–Crippen MR) is 66.0 cm³/mol. The summed E-state index contributed by atoms with van der Waals surface area (Å²) < 4.78 is 0. The van der Waals surface area contributed by atoms with Gasteiger partial charge in [-0.15, -0.1) is 0 Å². The van der Waals surface area contributed by atoms with Crippen LogP contribution >= 0.6 is 0 Å². The lowest BCUT2D eigenvalue weighted by molar-refractivity contribution is 0.270. The SMILES string of the molecule is CCC1CCCC(NCC2CCCC2)C1. The average Bonchev–Trinajstić information content (AvgIpc) is 2.79. The summed E-state index contributed by atoms with van der Waals surface area (Å²) in [6.45, 7) is 3.66. The van der Waals surface area contributed by atoms with Gasteiger partial charge in [-0.25, -0.2) is 0 Å². The molecule has 0 spiro atoms. The second-order valence-electron chi connectivity index (χ2n) is 5.70. The molecule has 2 aliphatic carbocycles. The first-order valence-electron chi connectivity index (χ1n) is 7.12. The summed E-state index contributed by atoms with van der Waals surface area (Å²) in [5, 5.41) is 3.83. The molecule has 0 aromatic carbocycles. The molecule has 0 radical (unpaired) electrons.